The predicted molar refractivity (Wildman–Crippen MR) is 106 cm³/mol. The molecule has 0 aliphatic rings. The van der Waals surface area contributed by atoms with Crippen molar-refractivity contribution in [3.63, 3.8) is 0 Å². The number of rotatable bonds is 8. The number of anilines is 1. The molecular formula is C17H24N6O3S. The fraction of sp³-hybridized carbons (Fsp3) is 0.412. The van der Waals surface area contributed by atoms with Crippen molar-refractivity contribution in [1.82, 2.24) is 23.6 Å². The van der Waals surface area contributed by atoms with Gasteiger partial charge in [0.05, 0.1) is 17.6 Å². The highest BCUT2D eigenvalue weighted by atomic mass is 32.2. The Balaban J connectivity index is 2.07. The van der Waals surface area contributed by atoms with Gasteiger partial charge in [0.2, 0.25) is 0 Å². The summed E-state index contributed by atoms with van der Waals surface area (Å²) in [6.07, 6.45) is 0.583. The quantitative estimate of drug-likeness (QED) is 0.585. The van der Waals surface area contributed by atoms with Gasteiger partial charge in [-0.3, -0.25) is 0 Å². The van der Waals surface area contributed by atoms with Gasteiger partial charge < -0.3 is 15.0 Å². The summed E-state index contributed by atoms with van der Waals surface area (Å²) in [6, 6.07) is 7.69. The fourth-order valence-corrected chi connectivity index (χ4v) is 3.55. The van der Waals surface area contributed by atoms with Crippen molar-refractivity contribution in [1.29, 1.82) is 0 Å². The number of hydrogen-bond donors (Lipinski definition) is 2. The average Bonchev–Trinajstić information content (AvgIpc) is 2.99. The summed E-state index contributed by atoms with van der Waals surface area (Å²) >= 11 is 0. The van der Waals surface area contributed by atoms with E-state index in [1.807, 2.05) is 28.8 Å². The Morgan fingerprint density at radius 3 is 2.70 bits per heavy atom. The van der Waals surface area contributed by atoms with Gasteiger partial charge in [-0.1, -0.05) is 18.2 Å². The maximum atomic E-state index is 12.0. The first-order chi connectivity index (χ1) is 12.8. The minimum atomic E-state index is -3.50. The van der Waals surface area contributed by atoms with E-state index in [2.05, 4.69) is 14.7 Å². The second-order valence-electron chi connectivity index (χ2n) is 6.32. The molecule has 0 radical (unpaired) electrons. The van der Waals surface area contributed by atoms with Crippen LogP contribution in [-0.4, -0.2) is 61.6 Å². The standard InChI is InChI=1S/C17H24N6O3S/c1-22(2)27(24,25)19-9-10-23-14(8-11-26-3)21-15-16(23)12-6-4-5-7-13(12)20-17(15)18/h4-7,19H,8-11H2,1-3H3,(H2,18,20). The van der Waals surface area contributed by atoms with E-state index in [0.717, 1.165) is 26.5 Å². The Bertz CT molecular complexity index is 1060. The van der Waals surface area contributed by atoms with E-state index in [4.69, 9.17) is 10.5 Å². The number of nitrogen functional groups attached to an aromatic ring is 1. The molecule has 146 valence electrons. The number of fused-ring (bicyclic) bond motifs is 3. The molecule has 0 spiro atoms. The Kier molecular flexibility index (Phi) is 5.61. The molecule has 3 rings (SSSR count). The molecule has 3 aromatic rings. The largest absolute Gasteiger partial charge is 0.384 e. The predicted octanol–water partition coefficient (Wildman–Crippen LogP) is 0.752. The molecule has 0 fully saturated rings. The van der Waals surface area contributed by atoms with Crippen molar-refractivity contribution < 1.29 is 13.2 Å². The zero-order valence-corrected chi connectivity index (χ0v) is 16.5. The van der Waals surface area contributed by atoms with Crippen molar-refractivity contribution in [2.45, 2.75) is 13.0 Å². The van der Waals surface area contributed by atoms with Crippen LogP contribution < -0.4 is 10.5 Å². The zero-order valence-electron chi connectivity index (χ0n) is 15.6. The highest BCUT2D eigenvalue weighted by Crippen LogP contribution is 2.28. The molecule has 3 N–H and O–H groups in total. The van der Waals surface area contributed by atoms with Gasteiger partial charge in [-0.25, -0.2) is 14.7 Å². The zero-order chi connectivity index (χ0) is 19.6. The number of aromatic nitrogens is 3. The van der Waals surface area contributed by atoms with Crippen LogP contribution in [0.5, 0.6) is 0 Å². The first-order valence-corrected chi connectivity index (χ1v) is 9.98. The maximum Gasteiger partial charge on any atom is 0.278 e. The fourth-order valence-electron chi connectivity index (χ4n) is 2.95. The van der Waals surface area contributed by atoms with E-state index in [0.29, 0.717) is 30.9 Å². The van der Waals surface area contributed by atoms with Crippen LogP contribution in [0.4, 0.5) is 5.82 Å². The summed E-state index contributed by atoms with van der Waals surface area (Å²) in [7, 11) is 1.10. The number of hydrogen-bond acceptors (Lipinski definition) is 6. The third-order valence-corrected chi connectivity index (χ3v) is 5.85. The van der Waals surface area contributed by atoms with Crippen LogP contribution in [0.3, 0.4) is 0 Å². The molecule has 2 aromatic heterocycles. The molecule has 2 heterocycles. The number of ether oxygens (including phenoxy) is 1. The summed E-state index contributed by atoms with van der Waals surface area (Å²) in [6.45, 7) is 1.14. The van der Waals surface area contributed by atoms with Crippen LogP contribution in [0.25, 0.3) is 21.9 Å². The second kappa shape index (κ2) is 7.77. The molecule has 0 amide bonds. The Hall–Kier alpha value is -2.27. The summed E-state index contributed by atoms with van der Waals surface area (Å²) < 4.78 is 34.9. The highest BCUT2D eigenvalue weighted by Gasteiger charge is 2.18. The van der Waals surface area contributed by atoms with Gasteiger partial charge >= 0.3 is 0 Å². The first-order valence-electron chi connectivity index (χ1n) is 8.54. The smallest absolute Gasteiger partial charge is 0.278 e. The molecule has 0 aliphatic carbocycles. The lowest BCUT2D eigenvalue weighted by Gasteiger charge is -2.14. The lowest BCUT2D eigenvalue weighted by Crippen LogP contribution is -2.37. The lowest BCUT2D eigenvalue weighted by molar-refractivity contribution is 0.199. The number of para-hydroxylation sites is 1. The van der Waals surface area contributed by atoms with E-state index in [1.165, 1.54) is 14.1 Å². The van der Waals surface area contributed by atoms with Gasteiger partial charge in [0, 0.05) is 46.1 Å². The van der Waals surface area contributed by atoms with E-state index in [-0.39, 0.29) is 6.54 Å². The summed E-state index contributed by atoms with van der Waals surface area (Å²) in [5, 5.41) is 0.924. The van der Waals surface area contributed by atoms with Gasteiger partial charge in [-0.2, -0.15) is 12.7 Å². The molecule has 0 unspecified atom stereocenters. The van der Waals surface area contributed by atoms with E-state index < -0.39 is 10.2 Å². The summed E-state index contributed by atoms with van der Waals surface area (Å²) in [5.74, 6) is 1.13. The number of nitrogens with two attached hydrogens (primary N) is 1. The van der Waals surface area contributed by atoms with E-state index >= 15 is 0 Å². The van der Waals surface area contributed by atoms with Crippen molar-refractivity contribution in [2.75, 3.05) is 40.1 Å². The molecule has 1 aromatic carbocycles. The molecule has 10 heteroatoms. The van der Waals surface area contributed by atoms with Crippen molar-refractivity contribution >= 4 is 38.0 Å². The minimum absolute atomic E-state index is 0.225. The van der Waals surface area contributed by atoms with Crippen LogP contribution in [0.15, 0.2) is 24.3 Å². The molecule has 9 nitrogen and oxygen atoms in total. The van der Waals surface area contributed by atoms with Crippen molar-refractivity contribution in [2.24, 2.45) is 0 Å². The maximum absolute atomic E-state index is 12.0. The third kappa shape index (κ3) is 3.88. The molecule has 0 saturated heterocycles. The van der Waals surface area contributed by atoms with Gasteiger partial charge in [-0.15, -0.1) is 0 Å². The van der Waals surface area contributed by atoms with Crippen LogP contribution >= 0.6 is 0 Å². The van der Waals surface area contributed by atoms with E-state index in [1.54, 1.807) is 7.11 Å². The number of nitrogens with zero attached hydrogens (tertiary/aromatic N) is 4. The number of nitrogens with one attached hydrogen (secondary N) is 1. The monoisotopic (exact) mass is 392 g/mol. The second-order valence-corrected chi connectivity index (χ2v) is 8.28. The molecule has 0 saturated carbocycles. The number of imidazole rings is 1. The van der Waals surface area contributed by atoms with Gasteiger partial charge in [0.1, 0.15) is 11.3 Å². The average molecular weight is 392 g/mol. The van der Waals surface area contributed by atoms with E-state index in [9.17, 15) is 8.42 Å². The number of pyridine rings is 1. The molecule has 0 atom stereocenters. The normalized spacial score (nSPS) is 12.4. The van der Waals surface area contributed by atoms with Crippen molar-refractivity contribution in [3.05, 3.63) is 30.1 Å². The Labute approximate surface area is 158 Å². The Morgan fingerprint density at radius 2 is 2.00 bits per heavy atom. The van der Waals surface area contributed by atoms with Crippen LogP contribution in [0.1, 0.15) is 5.82 Å². The van der Waals surface area contributed by atoms with Crippen molar-refractivity contribution in [3.8, 4) is 0 Å². The van der Waals surface area contributed by atoms with Gasteiger partial charge in [-0.05, 0) is 6.07 Å². The minimum Gasteiger partial charge on any atom is -0.384 e. The summed E-state index contributed by atoms with van der Waals surface area (Å²) in [4.78, 5) is 9.09. The molecule has 0 bridgehead atoms. The third-order valence-electron chi connectivity index (χ3n) is 4.32. The van der Waals surface area contributed by atoms with Gasteiger partial charge in [0.25, 0.3) is 10.2 Å². The molecule has 27 heavy (non-hydrogen) atoms. The number of benzene rings is 1. The lowest BCUT2D eigenvalue weighted by atomic mass is 10.2. The van der Waals surface area contributed by atoms with Crippen LogP contribution in [0, 0.1) is 0 Å². The van der Waals surface area contributed by atoms with Gasteiger partial charge in [0.15, 0.2) is 5.82 Å². The summed E-state index contributed by atoms with van der Waals surface area (Å²) in [5.41, 5.74) is 8.38. The first kappa shape index (κ1) is 19.5. The molecule has 0 aliphatic heterocycles. The van der Waals surface area contributed by atoms with Crippen LogP contribution in [0.2, 0.25) is 0 Å². The number of methoxy groups -OCH3 is 1. The Morgan fingerprint density at radius 1 is 1.26 bits per heavy atom. The molecular weight excluding hydrogens is 368 g/mol. The highest BCUT2D eigenvalue weighted by molar-refractivity contribution is 7.87. The SMILES string of the molecule is COCCc1nc2c(N)nc3ccccc3c2n1CCNS(=O)(=O)N(C)C. The topological polar surface area (TPSA) is 115 Å². The van der Waals surface area contributed by atoms with Crippen LogP contribution in [-0.2, 0) is 27.9 Å².